The van der Waals surface area contributed by atoms with Gasteiger partial charge in [0.2, 0.25) is 5.91 Å². The van der Waals surface area contributed by atoms with Gasteiger partial charge in [-0.3, -0.25) is 9.59 Å². The van der Waals surface area contributed by atoms with Crippen molar-refractivity contribution in [2.24, 2.45) is 0 Å². The van der Waals surface area contributed by atoms with Crippen molar-refractivity contribution in [2.45, 2.75) is 71.4 Å². The van der Waals surface area contributed by atoms with E-state index < -0.39 is 47.7 Å². The molecular weight excluding hydrogens is 556 g/mol. The van der Waals surface area contributed by atoms with Crippen LogP contribution in [0.3, 0.4) is 0 Å². The maximum absolute atomic E-state index is 13.6. The Labute approximate surface area is 237 Å². The molecule has 1 aromatic rings. The lowest BCUT2D eigenvalue weighted by Gasteiger charge is -2.34. The van der Waals surface area contributed by atoms with E-state index in [2.05, 4.69) is 36.8 Å². The number of nitrogens with zero attached hydrogens (tertiary/aromatic N) is 1. The third-order valence-electron chi connectivity index (χ3n) is 5.35. The number of hydrogen-bond donors (Lipinski definition) is 1. The normalized spacial score (nSPS) is 17.1. The Morgan fingerprint density at radius 3 is 2.23 bits per heavy atom. The Kier molecular flexibility index (Phi) is 10.1. The number of carbonyl (C=O) groups excluding carboxylic acids is 3. The summed E-state index contributed by atoms with van der Waals surface area (Å²) in [4.78, 5) is 40.8. The fraction of sp³-hybridized carbons (Fsp3) is 0.519. The maximum atomic E-state index is 13.6. The van der Waals surface area contributed by atoms with Crippen LogP contribution in [0, 0.1) is 18.8 Å². The molecule has 13 heteroatoms. The Hall–Kier alpha value is -3.50. The number of piperazine rings is 1. The predicted molar refractivity (Wildman–Crippen MR) is 153 cm³/mol. The van der Waals surface area contributed by atoms with Crippen LogP contribution in [0.4, 0.5) is 4.79 Å². The number of nitrogens with one attached hydrogen (secondary N) is 1. The maximum Gasteiger partial charge on any atom is 0.418 e. The molecule has 11 nitrogen and oxygen atoms in total. The van der Waals surface area contributed by atoms with E-state index in [9.17, 15) is 22.8 Å². The second-order valence-corrected chi connectivity index (χ2v) is 18.5. The van der Waals surface area contributed by atoms with E-state index in [4.69, 9.17) is 18.4 Å². The first-order valence-corrected chi connectivity index (χ1v) is 18.0. The first-order valence-electron chi connectivity index (χ1n) is 12.5. The van der Waals surface area contributed by atoms with Crippen LogP contribution in [-0.2, 0) is 24.4 Å². The van der Waals surface area contributed by atoms with Crippen molar-refractivity contribution in [3.8, 4) is 29.1 Å². The molecule has 0 spiro atoms. The quantitative estimate of drug-likeness (QED) is 0.217. The number of hydrogen-bond acceptors (Lipinski definition) is 9. The van der Waals surface area contributed by atoms with Crippen molar-refractivity contribution in [2.75, 3.05) is 20.5 Å². The summed E-state index contributed by atoms with van der Waals surface area (Å²) in [5.74, 6) is 4.73. The van der Waals surface area contributed by atoms with E-state index in [1.54, 1.807) is 27.7 Å². The van der Waals surface area contributed by atoms with Gasteiger partial charge in [-0.15, -0.1) is 11.8 Å². The molecule has 3 amide bonds. The summed E-state index contributed by atoms with van der Waals surface area (Å²) in [6, 6.07) is 0.780. The first-order chi connectivity index (χ1) is 18.3. The number of ether oxygens (including phenoxy) is 3. The molecule has 0 saturated carbocycles. The van der Waals surface area contributed by atoms with Crippen LogP contribution in [0.1, 0.15) is 38.3 Å². The van der Waals surface area contributed by atoms with Crippen LogP contribution >= 0.6 is 0 Å². The molecule has 0 bridgehead atoms. The molecule has 0 radical (unpaired) electrons. The van der Waals surface area contributed by atoms with Gasteiger partial charge in [-0.05, 0) is 39.8 Å². The molecule has 0 aliphatic carbocycles. The van der Waals surface area contributed by atoms with Crippen molar-refractivity contribution >= 4 is 42.2 Å². The van der Waals surface area contributed by atoms with Gasteiger partial charge in [0, 0.05) is 23.6 Å². The smallest absolute Gasteiger partial charge is 0.418 e. The van der Waals surface area contributed by atoms with Crippen molar-refractivity contribution in [1.82, 2.24) is 10.2 Å². The van der Waals surface area contributed by atoms with Gasteiger partial charge in [0.05, 0.1) is 28.5 Å². The van der Waals surface area contributed by atoms with Crippen molar-refractivity contribution < 1.29 is 41.2 Å². The zero-order chi connectivity index (χ0) is 30.6. The highest BCUT2D eigenvalue weighted by Crippen LogP contribution is 2.41. The molecule has 1 aromatic carbocycles. The minimum Gasteiger partial charge on any atom is -0.496 e. The number of imide groups is 1. The molecule has 1 heterocycles. The molecule has 1 aliphatic heterocycles. The zero-order valence-corrected chi connectivity index (χ0v) is 26.5. The first kappa shape index (κ1) is 32.7. The largest absolute Gasteiger partial charge is 0.496 e. The third-order valence-corrected chi connectivity index (χ3v) is 7.07. The fourth-order valence-electron chi connectivity index (χ4n) is 3.75. The van der Waals surface area contributed by atoms with Crippen molar-refractivity contribution in [1.29, 1.82) is 0 Å². The topological polar surface area (TPSA) is 138 Å². The number of carbonyl (C=O) groups is 3. The molecular formula is C27H38N2O9SSi. The van der Waals surface area contributed by atoms with E-state index in [-0.39, 0.29) is 34.9 Å². The minimum absolute atomic E-state index is 0.0636. The molecule has 0 unspecified atom stereocenters. The Balaban J connectivity index is 2.63. The Morgan fingerprint density at radius 1 is 1.12 bits per heavy atom. The summed E-state index contributed by atoms with van der Waals surface area (Å²) in [5.41, 5.74) is -0.611. The van der Waals surface area contributed by atoms with Crippen molar-refractivity contribution in [3.63, 3.8) is 0 Å². The number of amides is 3. The van der Waals surface area contributed by atoms with Gasteiger partial charge >= 0.3 is 16.2 Å². The van der Waals surface area contributed by atoms with Crippen molar-refractivity contribution in [3.05, 3.63) is 22.9 Å². The van der Waals surface area contributed by atoms with Crippen LogP contribution in [0.15, 0.2) is 11.8 Å². The fourth-order valence-corrected chi connectivity index (χ4v) is 4.85. The molecule has 2 rings (SSSR count). The molecule has 1 saturated heterocycles. The van der Waals surface area contributed by atoms with Gasteiger partial charge in [-0.25, -0.2) is 9.69 Å². The van der Waals surface area contributed by atoms with Crippen LogP contribution in [0.25, 0.3) is 6.08 Å². The summed E-state index contributed by atoms with van der Waals surface area (Å²) in [6.07, 6.45) is 1.09. The van der Waals surface area contributed by atoms with Crippen LogP contribution in [0.2, 0.25) is 25.7 Å². The number of methoxy groups -OCH3 is 2. The predicted octanol–water partition coefficient (Wildman–Crippen LogP) is 3.69. The molecule has 1 aliphatic rings. The number of rotatable bonds is 7. The molecule has 220 valence electrons. The van der Waals surface area contributed by atoms with Gasteiger partial charge in [0.15, 0.2) is 11.5 Å². The molecule has 40 heavy (non-hydrogen) atoms. The van der Waals surface area contributed by atoms with E-state index in [1.807, 2.05) is 0 Å². The summed E-state index contributed by atoms with van der Waals surface area (Å²) >= 11 is 0. The molecule has 1 N–H and O–H groups in total. The molecule has 1 atom stereocenters. The summed E-state index contributed by atoms with van der Waals surface area (Å²) in [5, 5.41) is 2.55. The summed E-state index contributed by atoms with van der Waals surface area (Å²) in [6.45, 7) is 13.0. The summed E-state index contributed by atoms with van der Waals surface area (Å²) < 4.78 is 45.1. The summed E-state index contributed by atoms with van der Waals surface area (Å²) in [7, 11) is -2.68. The average Bonchev–Trinajstić information content (AvgIpc) is 2.76. The Morgan fingerprint density at radius 2 is 1.73 bits per heavy atom. The van der Waals surface area contributed by atoms with Gasteiger partial charge in [-0.2, -0.15) is 8.42 Å². The third kappa shape index (κ3) is 8.75. The van der Waals surface area contributed by atoms with E-state index in [0.717, 1.165) is 11.2 Å². The molecule has 1 fully saturated rings. The zero-order valence-electron chi connectivity index (χ0n) is 24.7. The highest BCUT2D eigenvalue weighted by Gasteiger charge is 2.43. The minimum atomic E-state index is -3.94. The second-order valence-electron chi connectivity index (χ2n) is 11.5. The van der Waals surface area contributed by atoms with Crippen LogP contribution in [0.5, 0.6) is 17.2 Å². The highest BCUT2D eigenvalue weighted by molar-refractivity contribution is 7.86. The average molecular weight is 595 g/mol. The number of benzene rings is 1. The van der Waals surface area contributed by atoms with Gasteiger partial charge in [0.1, 0.15) is 23.1 Å². The van der Waals surface area contributed by atoms with Gasteiger partial charge in [0.25, 0.3) is 5.91 Å². The van der Waals surface area contributed by atoms with E-state index >= 15 is 0 Å². The SMILES string of the molecule is COc1c(/C=C2\NC(=O)[C@H](CC#CC[Si](C)(C)C)N(C(=O)OC(C)(C)C)C2=O)cc(OS(C)(=O)=O)c(OC)c1C. The van der Waals surface area contributed by atoms with Gasteiger partial charge in [-0.1, -0.05) is 19.6 Å². The second kappa shape index (κ2) is 12.3. The van der Waals surface area contributed by atoms with E-state index in [0.29, 0.717) is 11.6 Å². The lowest BCUT2D eigenvalue weighted by atomic mass is 10.0. The van der Waals surface area contributed by atoms with Crippen LogP contribution in [-0.4, -0.2) is 71.4 Å². The highest BCUT2D eigenvalue weighted by atomic mass is 32.2. The van der Waals surface area contributed by atoms with Gasteiger partial charge < -0.3 is 23.7 Å². The lowest BCUT2D eigenvalue weighted by Crippen LogP contribution is -2.59. The monoisotopic (exact) mass is 594 g/mol. The van der Waals surface area contributed by atoms with E-state index in [1.165, 1.54) is 26.4 Å². The standard InChI is InChI=1S/C27H38N2O9SSi/c1-17-22(35-5)18(16-21(23(17)36-6)38-39(7,33)34)15-19-25(31)29(26(32)37-27(2,3)4)20(24(30)28-19)13-11-12-14-40(8,9)10/h15-16,20H,13-14H2,1-10H3,(H,28,30)/b19-15-/t20-/m0/s1. The molecule has 0 aromatic heterocycles. The van der Waals surface area contributed by atoms with Crippen LogP contribution < -0.4 is 19.0 Å². The Bertz CT molecular complexity index is 1380. The lowest BCUT2D eigenvalue weighted by molar-refractivity contribution is -0.141.